The molecule has 1 aliphatic carbocycles. The van der Waals surface area contributed by atoms with E-state index in [1.165, 1.54) is 19.3 Å². The van der Waals surface area contributed by atoms with Gasteiger partial charge in [0.1, 0.15) is 0 Å². The quantitative estimate of drug-likeness (QED) is 0.666. The predicted octanol–water partition coefficient (Wildman–Crippen LogP) is 3.87. The molecule has 0 spiro atoms. The van der Waals surface area contributed by atoms with Gasteiger partial charge in [0, 0.05) is 6.61 Å². The fourth-order valence-corrected chi connectivity index (χ4v) is 3.33. The lowest BCUT2D eigenvalue weighted by Gasteiger charge is -2.37. The molecule has 0 aromatic heterocycles. The van der Waals surface area contributed by atoms with Crippen molar-refractivity contribution in [1.29, 1.82) is 0 Å². The van der Waals surface area contributed by atoms with Crippen LogP contribution in [0.4, 0.5) is 0 Å². The molecule has 1 saturated carbocycles. The van der Waals surface area contributed by atoms with Gasteiger partial charge in [-0.25, -0.2) is 0 Å². The highest BCUT2D eigenvalue weighted by atomic mass is 16.5. The van der Waals surface area contributed by atoms with Crippen molar-refractivity contribution in [2.24, 2.45) is 17.3 Å². The van der Waals surface area contributed by atoms with Crippen LogP contribution in [0.3, 0.4) is 0 Å². The number of ether oxygens (including phenoxy) is 1. The Hall–Kier alpha value is -0.0400. The van der Waals surface area contributed by atoms with Gasteiger partial charge < -0.3 is 4.74 Å². The van der Waals surface area contributed by atoms with Crippen LogP contribution in [0.25, 0.3) is 0 Å². The maximum atomic E-state index is 5.81. The molecule has 1 aliphatic rings. The Morgan fingerprint density at radius 1 is 1.43 bits per heavy atom. The van der Waals surface area contributed by atoms with Crippen molar-refractivity contribution in [3.8, 4) is 0 Å². The Bertz CT molecular complexity index is 178. The Balaban J connectivity index is 2.69. The van der Waals surface area contributed by atoms with E-state index < -0.39 is 0 Å². The molecule has 0 aliphatic heterocycles. The predicted molar refractivity (Wildman–Crippen MR) is 61.4 cm³/mol. The molecule has 0 bridgehead atoms. The zero-order valence-electron chi connectivity index (χ0n) is 10.5. The highest BCUT2D eigenvalue weighted by Crippen LogP contribution is 2.50. The fourth-order valence-electron chi connectivity index (χ4n) is 3.33. The monoisotopic (exact) mass is 198 g/mol. The Kier molecular flexibility index (Phi) is 4.00. The molecule has 0 saturated heterocycles. The number of rotatable bonds is 4. The molecule has 0 N–H and O–H groups in total. The van der Waals surface area contributed by atoms with Crippen molar-refractivity contribution in [3.63, 3.8) is 0 Å². The summed E-state index contributed by atoms with van der Waals surface area (Å²) in [4.78, 5) is 0. The van der Waals surface area contributed by atoms with Crippen LogP contribution in [0, 0.1) is 17.3 Å². The molecule has 1 fully saturated rings. The molecule has 0 aromatic carbocycles. The largest absolute Gasteiger partial charge is 0.378 e. The van der Waals surface area contributed by atoms with Crippen molar-refractivity contribution in [2.75, 3.05) is 6.61 Å². The van der Waals surface area contributed by atoms with E-state index in [1.54, 1.807) is 0 Å². The van der Waals surface area contributed by atoms with E-state index in [2.05, 4.69) is 34.6 Å². The molecule has 4 unspecified atom stereocenters. The average Bonchev–Trinajstić information content (AvgIpc) is 2.43. The molecule has 1 rings (SSSR count). The molecule has 0 heterocycles. The van der Waals surface area contributed by atoms with E-state index >= 15 is 0 Å². The summed E-state index contributed by atoms with van der Waals surface area (Å²) in [5.41, 5.74) is 0.421. The number of hydrogen-bond donors (Lipinski definition) is 0. The van der Waals surface area contributed by atoms with E-state index in [9.17, 15) is 0 Å². The zero-order chi connectivity index (χ0) is 10.8. The summed E-state index contributed by atoms with van der Waals surface area (Å²) in [7, 11) is 0. The summed E-state index contributed by atoms with van der Waals surface area (Å²) < 4.78 is 5.81. The van der Waals surface area contributed by atoms with Crippen LogP contribution < -0.4 is 0 Å². The van der Waals surface area contributed by atoms with Gasteiger partial charge in [-0.1, -0.05) is 27.2 Å². The Morgan fingerprint density at radius 2 is 2.07 bits per heavy atom. The SMILES string of the molecule is CCOC(C)C1(C)CC(C)CC1CC. The molecule has 14 heavy (non-hydrogen) atoms. The van der Waals surface area contributed by atoms with Gasteiger partial charge >= 0.3 is 0 Å². The highest BCUT2D eigenvalue weighted by Gasteiger charge is 2.45. The minimum absolute atomic E-state index is 0.419. The molecule has 0 amide bonds. The van der Waals surface area contributed by atoms with Crippen molar-refractivity contribution < 1.29 is 4.74 Å². The summed E-state index contributed by atoms with van der Waals surface area (Å²) in [5.74, 6) is 1.74. The summed E-state index contributed by atoms with van der Waals surface area (Å²) in [5, 5.41) is 0. The molecular weight excluding hydrogens is 172 g/mol. The normalized spacial score (nSPS) is 40.1. The van der Waals surface area contributed by atoms with Crippen LogP contribution in [0.5, 0.6) is 0 Å². The molecule has 84 valence electrons. The van der Waals surface area contributed by atoms with Crippen molar-refractivity contribution in [1.82, 2.24) is 0 Å². The van der Waals surface area contributed by atoms with Gasteiger partial charge in [0.2, 0.25) is 0 Å². The molecular formula is C13H26O. The lowest BCUT2D eigenvalue weighted by Crippen LogP contribution is -2.35. The second-order valence-electron chi connectivity index (χ2n) is 5.25. The summed E-state index contributed by atoms with van der Waals surface area (Å²) in [6, 6.07) is 0. The highest BCUT2D eigenvalue weighted by molar-refractivity contribution is 4.94. The summed E-state index contributed by atoms with van der Waals surface area (Å²) in [6.45, 7) is 12.3. The zero-order valence-corrected chi connectivity index (χ0v) is 10.5. The lowest BCUT2D eigenvalue weighted by atomic mass is 9.74. The minimum Gasteiger partial charge on any atom is -0.378 e. The van der Waals surface area contributed by atoms with Crippen molar-refractivity contribution >= 4 is 0 Å². The van der Waals surface area contributed by atoms with E-state index in [-0.39, 0.29) is 0 Å². The van der Waals surface area contributed by atoms with Gasteiger partial charge in [0.25, 0.3) is 0 Å². The second-order valence-corrected chi connectivity index (χ2v) is 5.25. The van der Waals surface area contributed by atoms with Gasteiger partial charge in [-0.05, 0) is 43.9 Å². The van der Waals surface area contributed by atoms with E-state index in [0.29, 0.717) is 11.5 Å². The van der Waals surface area contributed by atoms with Crippen LogP contribution in [-0.4, -0.2) is 12.7 Å². The van der Waals surface area contributed by atoms with Crippen molar-refractivity contribution in [3.05, 3.63) is 0 Å². The smallest absolute Gasteiger partial charge is 0.0603 e. The molecule has 1 nitrogen and oxygen atoms in total. The van der Waals surface area contributed by atoms with Gasteiger partial charge in [-0.2, -0.15) is 0 Å². The molecule has 0 aromatic rings. The third kappa shape index (κ3) is 2.13. The third-order valence-corrected chi connectivity index (χ3v) is 4.25. The van der Waals surface area contributed by atoms with E-state index in [0.717, 1.165) is 18.4 Å². The maximum absolute atomic E-state index is 5.81. The molecule has 1 heteroatoms. The first-order chi connectivity index (χ1) is 6.54. The third-order valence-electron chi connectivity index (χ3n) is 4.25. The van der Waals surface area contributed by atoms with Gasteiger partial charge in [0.05, 0.1) is 6.10 Å². The molecule has 4 atom stereocenters. The van der Waals surface area contributed by atoms with Crippen LogP contribution in [0.2, 0.25) is 0 Å². The first kappa shape index (κ1) is 12.0. The molecule has 0 radical (unpaired) electrons. The van der Waals surface area contributed by atoms with Gasteiger partial charge in [-0.3, -0.25) is 0 Å². The van der Waals surface area contributed by atoms with E-state index in [1.807, 2.05) is 0 Å². The van der Waals surface area contributed by atoms with E-state index in [4.69, 9.17) is 4.74 Å². The topological polar surface area (TPSA) is 9.23 Å². The Labute approximate surface area is 89.2 Å². The minimum atomic E-state index is 0.419. The first-order valence-corrected chi connectivity index (χ1v) is 6.16. The maximum Gasteiger partial charge on any atom is 0.0603 e. The Morgan fingerprint density at radius 3 is 2.57 bits per heavy atom. The number of hydrogen-bond acceptors (Lipinski definition) is 1. The van der Waals surface area contributed by atoms with Crippen LogP contribution in [0.1, 0.15) is 53.9 Å². The second kappa shape index (κ2) is 4.65. The standard InChI is InChI=1S/C13H26O/c1-6-12-8-10(3)9-13(12,5)11(4)14-7-2/h10-12H,6-9H2,1-5H3. The van der Waals surface area contributed by atoms with Crippen molar-refractivity contribution in [2.45, 2.75) is 60.0 Å². The van der Waals surface area contributed by atoms with Crippen LogP contribution in [0.15, 0.2) is 0 Å². The van der Waals surface area contributed by atoms with Crippen LogP contribution >= 0.6 is 0 Å². The van der Waals surface area contributed by atoms with Gasteiger partial charge in [-0.15, -0.1) is 0 Å². The average molecular weight is 198 g/mol. The summed E-state index contributed by atoms with van der Waals surface area (Å²) in [6.07, 6.45) is 4.46. The summed E-state index contributed by atoms with van der Waals surface area (Å²) >= 11 is 0. The van der Waals surface area contributed by atoms with Crippen LogP contribution in [-0.2, 0) is 4.74 Å². The lowest BCUT2D eigenvalue weighted by molar-refractivity contribution is -0.0366. The van der Waals surface area contributed by atoms with Gasteiger partial charge in [0.15, 0.2) is 0 Å². The fraction of sp³-hybridized carbons (Fsp3) is 1.00. The first-order valence-electron chi connectivity index (χ1n) is 6.16.